The summed E-state index contributed by atoms with van der Waals surface area (Å²) in [5, 5.41) is 3.08. The lowest BCUT2D eigenvalue weighted by atomic mass is 10.1. The fourth-order valence-electron chi connectivity index (χ4n) is 2.63. The first kappa shape index (κ1) is 15.5. The fraction of sp³-hybridized carbons (Fsp3) is 0.529. The topological polar surface area (TPSA) is 46.9 Å². The number of aryl methyl sites for hydroxylation is 1. The van der Waals surface area contributed by atoms with Crippen LogP contribution < -0.4 is 5.32 Å². The molecule has 1 aromatic carbocycles. The van der Waals surface area contributed by atoms with Crippen molar-refractivity contribution in [2.45, 2.75) is 59.0 Å². The Hall–Kier alpha value is -1.84. The molecule has 0 radical (unpaired) electrons. The maximum atomic E-state index is 12.2. The summed E-state index contributed by atoms with van der Waals surface area (Å²) in [5.74, 6) is 0.940. The molecule has 2 rings (SSSR count). The van der Waals surface area contributed by atoms with Gasteiger partial charge in [0.25, 0.3) is 0 Å². The number of nitrogens with zero attached hydrogens (tertiary/aromatic N) is 2. The average molecular weight is 287 g/mol. The van der Waals surface area contributed by atoms with Crippen molar-refractivity contribution in [3.8, 4) is 0 Å². The molecule has 1 atom stereocenters. The van der Waals surface area contributed by atoms with Gasteiger partial charge in [0.2, 0.25) is 5.91 Å². The smallest absolute Gasteiger partial charge is 0.240 e. The van der Waals surface area contributed by atoms with Crippen molar-refractivity contribution in [3.05, 3.63) is 30.1 Å². The highest BCUT2D eigenvalue weighted by atomic mass is 16.2. The first-order chi connectivity index (χ1) is 10.1. The van der Waals surface area contributed by atoms with Gasteiger partial charge in [0.15, 0.2) is 0 Å². The summed E-state index contributed by atoms with van der Waals surface area (Å²) in [6.45, 7) is 6.55. The third kappa shape index (κ3) is 4.06. The molecule has 1 heterocycles. The molecule has 4 heteroatoms. The number of aromatic nitrogens is 2. The third-order valence-corrected chi connectivity index (χ3v) is 3.80. The highest BCUT2D eigenvalue weighted by molar-refractivity contribution is 5.81. The monoisotopic (exact) mass is 287 g/mol. The largest absolute Gasteiger partial charge is 0.352 e. The van der Waals surface area contributed by atoms with E-state index >= 15 is 0 Å². The van der Waals surface area contributed by atoms with Crippen LogP contribution in [0.4, 0.5) is 0 Å². The van der Waals surface area contributed by atoms with Gasteiger partial charge in [-0.2, -0.15) is 0 Å². The van der Waals surface area contributed by atoms with Crippen LogP contribution in [0.15, 0.2) is 24.3 Å². The van der Waals surface area contributed by atoms with Gasteiger partial charge in [0.05, 0.1) is 11.0 Å². The van der Waals surface area contributed by atoms with E-state index in [-0.39, 0.29) is 11.9 Å². The van der Waals surface area contributed by atoms with Crippen molar-refractivity contribution in [1.82, 2.24) is 14.9 Å². The summed E-state index contributed by atoms with van der Waals surface area (Å²) in [7, 11) is 0. The van der Waals surface area contributed by atoms with Crippen molar-refractivity contribution in [3.63, 3.8) is 0 Å². The predicted octanol–water partition coefficient (Wildman–Crippen LogP) is 3.43. The number of carbonyl (C=O) groups is 1. The lowest BCUT2D eigenvalue weighted by Crippen LogP contribution is -2.35. The van der Waals surface area contributed by atoms with E-state index in [4.69, 9.17) is 0 Å². The Balaban J connectivity index is 1.97. The van der Waals surface area contributed by atoms with Crippen molar-refractivity contribution in [2.75, 3.05) is 0 Å². The molecule has 21 heavy (non-hydrogen) atoms. The fourth-order valence-corrected chi connectivity index (χ4v) is 2.63. The number of unbranched alkanes of at least 4 members (excludes halogenated alkanes) is 2. The molecule has 0 spiro atoms. The quantitative estimate of drug-likeness (QED) is 0.793. The van der Waals surface area contributed by atoms with Gasteiger partial charge in [0.1, 0.15) is 12.4 Å². The number of fused-ring (bicyclic) bond motifs is 1. The molecule has 4 nitrogen and oxygen atoms in total. The van der Waals surface area contributed by atoms with Crippen LogP contribution in [0.25, 0.3) is 11.0 Å². The summed E-state index contributed by atoms with van der Waals surface area (Å²) in [5.41, 5.74) is 1.96. The summed E-state index contributed by atoms with van der Waals surface area (Å²) >= 11 is 0. The van der Waals surface area contributed by atoms with Gasteiger partial charge >= 0.3 is 0 Å². The number of benzene rings is 1. The lowest BCUT2D eigenvalue weighted by Gasteiger charge is -2.14. The van der Waals surface area contributed by atoms with Gasteiger partial charge in [-0.25, -0.2) is 4.98 Å². The Kier molecular flexibility index (Phi) is 5.37. The van der Waals surface area contributed by atoms with Crippen LogP contribution in [0.1, 0.15) is 45.4 Å². The third-order valence-electron chi connectivity index (χ3n) is 3.80. The minimum atomic E-state index is 0.0604. The van der Waals surface area contributed by atoms with E-state index in [0.29, 0.717) is 6.54 Å². The summed E-state index contributed by atoms with van der Waals surface area (Å²) in [6, 6.07) is 8.16. The molecule has 0 aliphatic heterocycles. The molecule has 0 unspecified atom stereocenters. The molecular formula is C17H25N3O. The van der Waals surface area contributed by atoms with E-state index < -0.39 is 0 Å². The van der Waals surface area contributed by atoms with Crippen molar-refractivity contribution < 1.29 is 4.79 Å². The van der Waals surface area contributed by atoms with Crippen LogP contribution in [0.2, 0.25) is 0 Å². The number of rotatable bonds is 7. The SMILES string of the molecule is CCCCC[C@@H](C)NC(=O)Cn1c(C)nc2ccccc21. The predicted molar refractivity (Wildman–Crippen MR) is 86.2 cm³/mol. The minimum absolute atomic E-state index is 0.0604. The zero-order chi connectivity index (χ0) is 15.2. The van der Waals surface area contributed by atoms with Gasteiger partial charge in [-0.15, -0.1) is 0 Å². The summed E-state index contributed by atoms with van der Waals surface area (Å²) in [4.78, 5) is 16.7. The Labute approximate surface area is 126 Å². The highest BCUT2D eigenvalue weighted by Crippen LogP contribution is 2.15. The van der Waals surface area contributed by atoms with Gasteiger partial charge in [-0.3, -0.25) is 4.79 Å². The number of nitrogens with one attached hydrogen (secondary N) is 1. The zero-order valence-corrected chi connectivity index (χ0v) is 13.2. The van der Waals surface area contributed by atoms with Crippen LogP contribution in [-0.2, 0) is 11.3 Å². The number of carbonyl (C=O) groups excluding carboxylic acids is 1. The first-order valence-electron chi connectivity index (χ1n) is 7.83. The van der Waals surface area contributed by atoms with Crippen LogP contribution in [0.5, 0.6) is 0 Å². The van der Waals surface area contributed by atoms with Gasteiger partial charge in [0, 0.05) is 6.04 Å². The summed E-state index contributed by atoms with van der Waals surface area (Å²) in [6.07, 6.45) is 4.65. The summed E-state index contributed by atoms with van der Waals surface area (Å²) < 4.78 is 1.98. The molecule has 114 valence electrons. The molecule has 1 amide bonds. The second kappa shape index (κ2) is 7.25. The van der Waals surface area contributed by atoms with E-state index in [0.717, 1.165) is 23.3 Å². The molecular weight excluding hydrogens is 262 g/mol. The second-order valence-electron chi connectivity index (χ2n) is 5.70. The van der Waals surface area contributed by atoms with Crippen molar-refractivity contribution in [1.29, 1.82) is 0 Å². The van der Waals surface area contributed by atoms with E-state index in [2.05, 4.69) is 24.1 Å². The first-order valence-corrected chi connectivity index (χ1v) is 7.83. The van der Waals surface area contributed by atoms with Gasteiger partial charge in [-0.1, -0.05) is 38.3 Å². The number of amides is 1. The van der Waals surface area contributed by atoms with Gasteiger partial charge < -0.3 is 9.88 Å². The molecule has 1 aromatic heterocycles. The Morgan fingerprint density at radius 3 is 2.86 bits per heavy atom. The standard InChI is InChI=1S/C17H25N3O/c1-4-5-6-9-13(2)18-17(21)12-20-14(3)19-15-10-7-8-11-16(15)20/h7-8,10-11,13H,4-6,9,12H2,1-3H3,(H,18,21)/t13-/m1/s1. The minimum Gasteiger partial charge on any atom is -0.352 e. The Bertz CT molecular complexity index is 603. The molecule has 0 saturated carbocycles. The maximum absolute atomic E-state index is 12.2. The maximum Gasteiger partial charge on any atom is 0.240 e. The lowest BCUT2D eigenvalue weighted by molar-refractivity contribution is -0.122. The van der Waals surface area contributed by atoms with Crippen molar-refractivity contribution in [2.24, 2.45) is 0 Å². The van der Waals surface area contributed by atoms with E-state index in [9.17, 15) is 4.79 Å². The number of hydrogen-bond acceptors (Lipinski definition) is 2. The number of imidazole rings is 1. The highest BCUT2D eigenvalue weighted by Gasteiger charge is 2.12. The zero-order valence-electron chi connectivity index (χ0n) is 13.2. The van der Waals surface area contributed by atoms with Crippen LogP contribution in [0, 0.1) is 6.92 Å². The molecule has 0 aliphatic rings. The van der Waals surface area contributed by atoms with Crippen LogP contribution >= 0.6 is 0 Å². The van der Waals surface area contributed by atoms with E-state index in [1.165, 1.54) is 19.3 Å². The molecule has 0 bridgehead atoms. The molecule has 2 aromatic rings. The van der Waals surface area contributed by atoms with Crippen LogP contribution in [0.3, 0.4) is 0 Å². The van der Waals surface area contributed by atoms with E-state index in [1.54, 1.807) is 0 Å². The number of hydrogen-bond donors (Lipinski definition) is 1. The van der Waals surface area contributed by atoms with Crippen molar-refractivity contribution >= 4 is 16.9 Å². The molecule has 1 N–H and O–H groups in total. The molecule has 0 fully saturated rings. The van der Waals surface area contributed by atoms with Crippen LogP contribution in [-0.4, -0.2) is 21.5 Å². The number of para-hydroxylation sites is 2. The molecule has 0 aliphatic carbocycles. The normalized spacial score (nSPS) is 12.5. The molecule has 0 saturated heterocycles. The average Bonchev–Trinajstić information content (AvgIpc) is 2.75. The Morgan fingerprint density at radius 1 is 1.33 bits per heavy atom. The Morgan fingerprint density at radius 2 is 2.10 bits per heavy atom. The van der Waals surface area contributed by atoms with E-state index in [1.807, 2.05) is 35.8 Å². The van der Waals surface area contributed by atoms with Gasteiger partial charge in [-0.05, 0) is 32.4 Å². The second-order valence-corrected chi connectivity index (χ2v) is 5.70.